The Bertz CT molecular complexity index is 111. The summed E-state index contributed by atoms with van der Waals surface area (Å²) in [6.07, 6.45) is 1.43. The fraction of sp³-hybridized carbons (Fsp3) is 0. The van der Waals surface area contributed by atoms with Gasteiger partial charge in [0.15, 0.2) is 4.99 Å². The normalized spacial score (nSPS) is 17.0. The lowest BCUT2D eigenvalue weighted by molar-refractivity contribution is 1.13. The highest BCUT2D eigenvalue weighted by atomic mass is 32.1. The summed E-state index contributed by atoms with van der Waals surface area (Å²) in [5, 5.41) is 9.94. The molecule has 30 valence electrons. The van der Waals surface area contributed by atoms with Gasteiger partial charge in [0.25, 0.3) is 0 Å². The van der Waals surface area contributed by atoms with E-state index in [1.54, 1.807) is 0 Å². The molecule has 1 aliphatic rings. The van der Waals surface area contributed by atoms with Gasteiger partial charge < -0.3 is 0 Å². The van der Waals surface area contributed by atoms with Gasteiger partial charge in [-0.3, -0.25) is 0 Å². The van der Waals surface area contributed by atoms with Gasteiger partial charge in [0.2, 0.25) is 0 Å². The molecule has 0 N–H and O–H groups in total. The molecular weight excluding hydrogens is 98.1 g/mol. The summed E-state index contributed by atoms with van der Waals surface area (Å²) in [4.78, 5) is 0.454. The lowest BCUT2D eigenvalue weighted by Crippen LogP contribution is -1.79. The van der Waals surface area contributed by atoms with E-state index < -0.39 is 0 Å². The van der Waals surface area contributed by atoms with Gasteiger partial charge in [-0.1, -0.05) is 12.2 Å². The number of nitrogens with zero attached hydrogens (tertiary/aromatic N) is 3. The van der Waals surface area contributed by atoms with Crippen LogP contribution in [0.25, 0.3) is 0 Å². The topological polar surface area (TPSA) is 37.1 Å². The molecule has 0 saturated carbocycles. The first-order valence-corrected chi connectivity index (χ1v) is 1.78. The summed E-state index contributed by atoms with van der Waals surface area (Å²) >= 11 is 4.51. The van der Waals surface area contributed by atoms with Gasteiger partial charge in [0.1, 0.15) is 0 Å². The second-order valence-electron chi connectivity index (χ2n) is 0.772. The molecule has 1 heterocycles. The SMILES string of the molecule is S=C1C=NN=N1. The van der Waals surface area contributed by atoms with Crippen LogP contribution in [0.1, 0.15) is 0 Å². The molecule has 0 atom stereocenters. The Morgan fingerprint density at radius 3 is 2.67 bits per heavy atom. The van der Waals surface area contributed by atoms with E-state index in [0.29, 0.717) is 4.99 Å². The summed E-state index contributed by atoms with van der Waals surface area (Å²) in [6.45, 7) is 0. The summed E-state index contributed by atoms with van der Waals surface area (Å²) in [5.74, 6) is 0. The van der Waals surface area contributed by atoms with Crippen LogP contribution in [-0.4, -0.2) is 11.2 Å². The Hall–Kier alpha value is -0.640. The summed E-state index contributed by atoms with van der Waals surface area (Å²) in [6, 6.07) is 0. The molecule has 0 spiro atoms. The molecule has 1 rings (SSSR count). The lowest BCUT2D eigenvalue weighted by Gasteiger charge is -1.60. The van der Waals surface area contributed by atoms with Gasteiger partial charge >= 0.3 is 0 Å². The average Bonchev–Trinajstić information content (AvgIpc) is 1.86. The zero-order valence-corrected chi connectivity index (χ0v) is 3.64. The van der Waals surface area contributed by atoms with Gasteiger partial charge in [-0.15, -0.1) is 10.2 Å². The van der Waals surface area contributed by atoms with Crippen molar-refractivity contribution in [3.63, 3.8) is 0 Å². The first kappa shape index (κ1) is 3.55. The number of hydrogen-bond acceptors (Lipinski definition) is 3. The van der Waals surface area contributed by atoms with Crippen LogP contribution < -0.4 is 0 Å². The Labute approximate surface area is 39.8 Å². The molecule has 0 aliphatic carbocycles. The van der Waals surface area contributed by atoms with Crippen LogP contribution in [-0.2, 0) is 0 Å². The van der Waals surface area contributed by atoms with E-state index in [1.807, 2.05) is 0 Å². The van der Waals surface area contributed by atoms with E-state index in [4.69, 9.17) is 0 Å². The summed E-state index contributed by atoms with van der Waals surface area (Å²) in [5.41, 5.74) is 0. The number of hydrogen-bond donors (Lipinski definition) is 0. The lowest BCUT2D eigenvalue weighted by atomic mass is 10.8. The van der Waals surface area contributed by atoms with Crippen molar-refractivity contribution in [3.8, 4) is 0 Å². The third-order valence-electron chi connectivity index (χ3n) is 0.363. The smallest absolute Gasteiger partial charge is 0.135 e. The third-order valence-corrected chi connectivity index (χ3v) is 0.550. The van der Waals surface area contributed by atoms with Gasteiger partial charge in [-0.05, 0) is 5.22 Å². The van der Waals surface area contributed by atoms with Crippen LogP contribution in [0.15, 0.2) is 15.4 Å². The molecule has 0 radical (unpaired) electrons. The molecule has 0 saturated heterocycles. The van der Waals surface area contributed by atoms with Crippen LogP contribution in [0.4, 0.5) is 0 Å². The zero-order valence-electron chi connectivity index (χ0n) is 2.83. The highest BCUT2D eigenvalue weighted by molar-refractivity contribution is 7.81. The van der Waals surface area contributed by atoms with Crippen LogP contribution in [0.5, 0.6) is 0 Å². The Morgan fingerprint density at radius 1 is 1.67 bits per heavy atom. The van der Waals surface area contributed by atoms with Crippen molar-refractivity contribution in [2.24, 2.45) is 15.4 Å². The molecule has 0 fully saturated rings. The van der Waals surface area contributed by atoms with Crippen molar-refractivity contribution in [2.75, 3.05) is 0 Å². The molecule has 0 unspecified atom stereocenters. The fourth-order valence-corrected chi connectivity index (χ4v) is 0.255. The molecule has 0 aromatic heterocycles. The molecule has 3 nitrogen and oxygen atoms in total. The number of rotatable bonds is 0. The van der Waals surface area contributed by atoms with E-state index in [2.05, 4.69) is 27.7 Å². The monoisotopic (exact) mass is 99.0 g/mol. The highest BCUT2D eigenvalue weighted by Gasteiger charge is 1.88. The van der Waals surface area contributed by atoms with Crippen LogP contribution >= 0.6 is 12.2 Å². The molecule has 0 aromatic carbocycles. The summed E-state index contributed by atoms with van der Waals surface area (Å²) < 4.78 is 0. The average molecular weight is 99.1 g/mol. The van der Waals surface area contributed by atoms with Gasteiger partial charge in [0.05, 0.1) is 6.21 Å². The molecule has 4 heteroatoms. The Morgan fingerprint density at radius 2 is 2.50 bits per heavy atom. The number of thiocarbonyl (C=S) groups is 1. The van der Waals surface area contributed by atoms with Crippen LogP contribution in [0, 0.1) is 0 Å². The third kappa shape index (κ3) is 0.463. The molecule has 6 heavy (non-hydrogen) atoms. The minimum Gasteiger partial charge on any atom is -0.135 e. The Balaban J connectivity index is 2.86. The predicted molar refractivity (Wildman–Crippen MR) is 25.9 cm³/mol. The predicted octanol–water partition coefficient (Wildman–Crippen LogP) is 0.765. The maximum Gasteiger partial charge on any atom is 0.170 e. The van der Waals surface area contributed by atoms with E-state index >= 15 is 0 Å². The van der Waals surface area contributed by atoms with Crippen molar-refractivity contribution >= 4 is 23.4 Å². The van der Waals surface area contributed by atoms with Crippen molar-refractivity contribution in [1.82, 2.24) is 0 Å². The highest BCUT2D eigenvalue weighted by Crippen LogP contribution is 1.87. The van der Waals surface area contributed by atoms with Crippen LogP contribution in [0.3, 0.4) is 0 Å². The van der Waals surface area contributed by atoms with Gasteiger partial charge in [-0.25, -0.2) is 0 Å². The standard InChI is InChI=1S/C2HN3S/c6-2-1-3-5-4-2/h1H. The van der Waals surface area contributed by atoms with E-state index in [-0.39, 0.29) is 0 Å². The van der Waals surface area contributed by atoms with Crippen molar-refractivity contribution < 1.29 is 0 Å². The second-order valence-corrected chi connectivity index (χ2v) is 1.19. The van der Waals surface area contributed by atoms with E-state index in [0.717, 1.165) is 0 Å². The maximum absolute atomic E-state index is 4.51. The van der Waals surface area contributed by atoms with E-state index in [1.165, 1.54) is 6.21 Å². The Kier molecular flexibility index (Phi) is 0.719. The largest absolute Gasteiger partial charge is 0.170 e. The maximum atomic E-state index is 4.51. The molecular formula is C2HN3S. The summed E-state index contributed by atoms with van der Waals surface area (Å²) in [7, 11) is 0. The minimum absolute atomic E-state index is 0.454. The fourth-order valence-electron chi connectivity index (χ4n) is 0.171. The molecule has 0 amide bonds. The zero-order chi connectivity index (χ0) is 4.41. The first-order valence-electron chi connectivity index (χ1n) is 1.37. The van der Waals surface area contributed by atoms with Gasteiger partial charge in [-0.2, -0.15) is 0 Å². The second kappa shape index (κ2) is 1.22. The minimum atomic E-state index is 0.454. The quantitative estimate of drug-likeness (QED) is 0.413. The molecule has 0 aromatic rings. The molecule has 0 bridgehead atoms. The van der Waals surface area contributed by atoms with Crippen LogP contribution in [0.2, 0.25) is 0 Å². The first-order chi connectivity index (χ1) is 2.89. The van der Waals surface area contributed by atoms with Gasteiger partial charge in [0, 0.05) is 0 Å². The van der Waals surface area contributed by atoms with E-state index in [9.17, 15) is 0 Å². The van der Waals surface area contributed by atoms with Crippen molar-refractivity contribution in [1.29, 1.82) is 0 Å². The van der Waals surface area contributed by atoms with Crippen molar-refractivity contribution in [3.05, 3.63) is 0 Å². The van der Waals surface area contributed by atoms with Crippen molar-refractivity contribution in [2.45, 2.75) is 0 Å². The molecule has 1 aliphatic heterocycles.